The molecule has 0 N–H and O–H groups in total. The first-order valence-corrected chi connectivity index (χ1v) is 9.74. The third kappa shape index (κ3) is 3.29. The molecule has 3 aliphatic rings. The standard InChI is InChI=1S/C20H27N3O2/c24-19-7-3-1-2-6-17-8-9-18(23(17)19)20(25)22-12-10-16(14-22)15-5-4-11-21-13-15/h4-5,11,13,16-18H,1-3,6-10,12,14H2/t16?,17-,18-/m0/s1. The Morgan fingerprint density at radius 3 is 2.88 bits per heavy atom. The smallest absolute Gasteiger partial charge is 0.245 e. The lowest BCUT2D eigenvalue weighted by atomic mass is 10.0. The maximum Gasteiger partial charge on any atom is 0.245 e. The molecular formula is C20H27N3O2. The lowest BCUT2D eigenvalue weighted by Gasteiger charge is -2.33. The van der Waals surface area contributed by atoms with Crippen molar-refractivity contribution in [3.05, 3.63) is 30.1 Å². The third-order valence-corrected chi connectivity index (χ3v) is 6.16. The van der Waals surface area contributed by atoms with Crippen LogP contribution in [0.5, 0.6) is 0 Å². The minimum atomic E-state index is -0.219. The average molecular weight is 341 g/mol. The Labute approximate surface area is 149 Å². The summed E-state index contributed by atoms with van der Waals surface area (Å²) in [7, 11) is 0. The number of fused-ring (bicyclic) bond motifs is 1. The molecule has 1 aromatic heterocycles. The number of pyridine rings is 1. The zero-order chi connectivity index (χ0) is 17.2. The van der Waals surface area contributed by atoms with Gasteiger partial charge in [0, 0.05) is 43.9 Å². The molecule has 3 fully saturated rings. The molecule has 0 radical (unpaired) electrons. The summed E-state index contributed by atoms with van der Waals surface area (Å²) in [5.74, 6) is 0.740. The van der Waals surface area contributed by atoms with Crippen LogP contribution in [0.3, 0.4) is 0 Å². The molecule has 5 nitrogen and oxygen atoms in total. The van der Waals surface area contributed by atoms with Crippen molar-refractivity contribution < 1.29 is 9.59 Å². The van der Waals surface area contributed by atoms with Crippen LogP contribution in [-0.2, 0) is 9.59 Å². The first-order chi connectivity index (χ1) is 12.2. The third-order valence-electron chi connectivity index (χ3n) is 6.16. The van der Waals surface area contributed by atoms with Crippen molar-refractivity contribution in [3.63, 3.8) is 0 Å². The second-order valence-corrected chi connectivity index (χ2v) is 7.70. The van der Waals surface area contributed by atoms with Crippen LogP contribution in [0.15, 0.2) is 24.5 Å². The minimum Gasteiger partial charge on any atom is -0.340 e. The van der Waals surface area contributed by atoms with Crippen molar-refractivity contribution in [1.82, 2.24) is 14.8 Å². The van der Waals surface area contributed by atoms with Gasteiger partial charge in [0.1, 0.15) is 6.04 Å². The summed E-state index contributed by atoms with van der Waals surface area (Å²) in [5.41, 5.74) is 1.21. The van der Waals surface area contributed by atoms with Gasteiger partial charge in [-0.1, -0.05) is 18.9 Å². The van der Waals surface area contributed by atoms with Gasteiger partial charge in [0.05, 0.1) is 0 Å². The molecule has 0 aromatic carbocycles. The van der Waals surface area contributed by atoms with Crippen molar-refractivity contribution in [1.29, 1.82) is 0 Å². The summed E-state index contributed by atoms with van der Waals surface area (Å²) < 4.78 is 0. The zero-order valence-corrected chi connectivity index (χ0v) is 14.8. The number of hydrogen-bond donors (Lipinski definition) is 0. The van der Waals surface area contributed by atoms with E-state index in [0.717, 1.165) is 51.6 Å². The number of carbonyl (C=O) groups is 2. The summed E-state index contributed by atoms with van der Waals surface area (Å²) in [6.45, 7) is 1.55. The van der Waals surface area contributed by atoms with E-state index in [0.29, 0.717) is 18.4 Å². The predicted octanol–water partition coefficient (Wildman–Crippen LogP) is 2.72. The molecule has 3 aliphatic heterocycles. The van der Waals surface area contributed by atoms with Gasteiger partial charge in [-0.25, -0.2) is 0 Å². The largest absolute Gasteiger partial charge is 0.340 e. The van der Waals surface area contributed by atoms with Crippen molar-refractivity contribution in [2.24, 2.45) is 0 Å². The highest BCUT2D eigenvalue weighted by Crippen LogP contribution is 2.34. The fourth-order valence-corrected chi connectivity index (χ4v) is 4.81. The van der Waals surface area contributed by atoms with Gasteiger partial charge < -0.3 is 9.80 Å². The van der Waals surface area contributed by atoms with E-state index in [9.17, 15) is 9.59 Å². The molecule has 4 heterocycles. The number of hydrogen-bond acceptors (Lipinski definition) is 3. The fourth-order valence-electron chi connectivity index (χ4n) is 4.81. The molecular weight excluding hydrogens is 314 g/mol. The number of nitrogens with zero attached hydrogens (tertiary/aromatic N) is 3. The van der Waals surface area contributed by atoms with Crippen LogP contribution in [0.4, 0.5) is 0 Å². The molecule has 3 atom stereocenters. The highest BCUT2D eigenvalue weighted by atomic mass is 16.2. The maximum atomic E-state index is 13.1. The summed E-state index contributed by atoms with van der Waals surface area (Å²) in [6.07, 6.45) is 11.5. The van der Waals surface area contributed by atoms with E-state index in [2.05, 4.69) is 11.1 Å². The van der Waals surface area contributed by atoms with E-state index in [4.69, 9.17) is 0 Å². The van der Waals surface area contributed by atoms with E-state index >= 15 is 0 Å². The van der Waals surface area contributed by atoms with Crippen LogP contribution >= 0.6 is 0 Å². The van der Waals surface area contributed by atoms with Crippen LogP contribution < -0.4 is 0 Å². The van der Waals surface area contributed by atoms with E-state index < -0.39 is 0 Å². The SMILES string of the molecule is O=C([C@@H]1CC[C@@H]2CCCCCC(=O)N21)N1CCC(c2cccnc2)C1. The number of likely N-dealkylation sites (tertiary alicyclic amines) is 1. The summed E-state index contributed by atoms with van der Waals surface area (Å²) in [4.78, 5) is 33.9. The van der Waals surface area contributed by atoms with Crippen molar-refractivity contribution in [2.45, 2.75) is 69.4 Å². The summed E-state index contributed by atoms with van der Waals surface area (Å²) in [6, 6.07) is 4.13. The molecule has 25 heavy (non-hydrogen) atoms. The highest BCUT2D eigenvalue weighted by molar-refractivity contribution is 5.88. The van der Waals surface area contributed by atoms with E-state index in [1.54, 1.807) is 6.20 Å². The molecule has 1 aromatic rings. The molecule has 0 aliphatic carbocycles. The monoisotopic (exact) mass is 341 g/mol. The predicted molar refractivity (Wildman–Crippen MR) is 94.9 cm³/mol. The Balaban J connectivity index is 1.45. The quantitative estimate of drug-likeness (QED) is 0.831. The number of aromatic nitrogens is 1. The summed E-state index contributed by atoms with van der Waals surface area (Å²) >= 11 is 0. The number of rotatable bonds is 2. The van der Waals surface area contributed by atoms with Crippen LogP contribution in [0.1, 0.15) is 62.8 Å². The van der Waals surface area contributed by atoms with E-state index in [1.165, 1.54) is 12.0 Å². The second kappa shape index (κ2) is 7.14. The minimum absolute atomic E-state index is 0.169. The Hall–Kier alpha value is -1.91. The molecule has 2 amide bonds. The van der Waals surface area contributed by atoms with Crippen molar-refractivity contribution in [3.8, 4) is 0 Å². The first kappa shape index (κ1) is 16.6. The van der Waals surface area contributed by atoms with Crippen molar-refractivity contribution >= 4 is 11.8 Å². The average Bonchev–Trinajstić information content (AvgIpc) is 3.27. The van der Waals surface area contributed by atoms with Gasteiger partial charge in [-0.15, -0.1) is 0 Å². The van der Waals surface area contributed by atoms with Gasteiger partial charge in [0.25, 0.3) is 0 Å². The van der Waals surface area contributed by atoms with Gasteiger partial charge in [-0.2, -0.15) is 0 Å². The Morgan fingerprint density at radius 2 is 2.04 bits per heavy atom. The molecule has 4 rings (SSSR count). The van der Waals surface area contributed by atoms with Crippen LogP contribution in [0.2, 0.25) is 0 Å². The van der Waals surface area contributed by atoms with Crippen molar-refractivity contribution in [2.75, 3.05) is 13.1 Å². The molecule has 0 spiro atoms. The van der Waals surface area contributed by atoms with Crippen LogP contribution in [0, 0.1) is 0 Å². The normalized spacial score (nSPS) is 30.1. The topological polar surface area (TPSA) is 53.5 Å². The van der Waals surface area contributed by atoms with E-state index in [-0.39, 0.29) is 17.9 Å². The lowest BCUT2D eigenvalue weighted by molar-refractivity contribution is -0.145. The second-order valence-electron chi connectivity index (χ2n) is 7.70. The number of carbonyl (C=O) groups excluding carboxylic acids is 2. The molecule has 134 valence electrons. The van der Waals surface area contributed by atoms with Gasteiger partial charge in [-0.05, 0) is 43.7 Å². The lowest BCUT2D eigenvalue weighted by Crippen LogP contribution is -2.50. The van der Waals surface area contributed by atoms with Crippen LogP contribution in [0.25, 0.3) is 0 Å². The first-order valence-electron chi connectivity index (χ1n) is 9.74. The van der Waals surface area contributed by atoms with Gasteiger partial charge in [-0.3, -0.25) is 14.6 Å². The number of amides is 2. The Morgan fingerprint density at radius 1 is 1.12 bits per heavy atom. The fraction of sp³-hybridized carbons (Fsp3) is 0.650. The molecule has 1 unspecified atom stereocenters. The van der Waals surface area contributed by atoms with Gasteiger partial charge in [0.2, 0.25) is 11.8 Å². The molecule has 0 bridgehead atoms. The molecule has 3 saturated heterocycles. The van der Waals surface area contributed by atoms with Gasteiger partial charge in [0.15, 0.2) is 0 Å². The van der Waals surface area contributed by atoms with Crippen LogP contribution in [-0.4, -0.2) is 51.8 Å². The Kier molecular flexibility index (Phi) is 4.73. The molecule has 5 heteroatoms. The maximum absolute atomic E-state index is 13.1. The molecule has 0 saturated carbocycles. The summed E-state index contributed by atoms with van der Waals surface area (Å²) in [5, 5.41) is 0. The van der Waals surface area contributed by atoms with Gasteiger partial charge >= 0.3 is 0 Å². The zero-order valence-electron chi connectivity index (χ0n) is 14.8. The van der Waals surface area contributed by atoms with E-state index in [1.807, 2.05) is 22.1 Å². The highest BCUT2D eigenvalue weighted by Gasteiger charge is 2.43. The Bertz CT molecular complexity index is 633.